The number of alkyl halides is 6. The summed E-state index contributed by atoms with van der Waals surface area (Å²) in [5.41, 5.74) is 0.907. The highest BCUT2D eigenvalue weighted by molar-refractivity contribution is 5.91. The lowest BCUT2D eigenvalue weighted by Crippen LogP contribution is -2.32. The number of amides is 1. The maximum atomic E-state index is 12.7. The molecule has 1 aliphatic rings. The molecule has 35 heavy (non-hydrogen) atoms. The van der Waals surface area contributed by atoms with Gasteiger partial charge < -0.3 is 24.2 Å². The van der Waals surface area contributed by atoms with E-state index < -0.39 is 23.9 Å². The first-order chi connectivity index (χ1) is 16.2. The Morgan fingerprint density at radius 1 is 1.20 bits per heavy atom. The third-order valence-corrected chi connectivity index (χ3v) is 5.07. The molecule has 0 saturated heterocycles. The molecule has 3 heterocycles. The van der Waals surface area contributed by atoms with E-state index in [0.717, 1.165) is 23.7 Å². The number of carboxylic acid groups (broad SMARTS) is 1. The molecular formula is C20H23F6N5O4. The molecule has 0 fully saturated rings. The van der Waals surface area contributed by atoms with Crippen molar-refractivity contribution in [3.8, 4) is 0 Å². The number of aliphatic carboxylic acids is 1. The van der Waals surface area contributed by atoms with Crippen molar-refractivity contribution in [1.29, 1.82) is 0 Å². The summed E-state index contributed by atoms with van der Waals surface area (Å²) >= 11 is 0. The van der Waals surface area contributed by atoms with E-state index >= 15 is 0 Å². The second-order valence-electron chi connectivity index (χ2n) is 7.48. The summed E-state index contributed by atoms with van der Waals surface area (Å²) in [6, 6.07) is 2.39. The quantitative estimate of drug-likeness (QED) is 0.617. The summed E-state index contributed by atoms with van der Waals surface area (Å²) in [7, 11) is 5.06. The molecule has 194 valence electrons. The minimum Gasteiger partial charge on any atom is -0.475 e. The molecule has 0 atom stereocenters. The van der Waals surface area contributed by atoms with Gasteiger partial charge in [-0.1, -0.05) is 0 Å². The predicted octanol–water partition coefficient (Wildman–Crippen LogP) is 2.75. The van der Waals surface area contributed by atoms with E-state index in [0.29, 0.717) is 44.3 Å². The zero-order chi connectivity index (χ0) is 26.6. The van der Waals surface area contributed by atoms with E-state index in [9.17, 15) is 31.1 Å². The van der Waals surface area contributed by atoms with Gasteiger partial charge in [-0.2, -0.15) is 26.3 Å². The van der Waals surface area contributed by atoms with Gasteiger partial charge >= 0.3 is 18.3 Å². The van der Waals surface area contributed by atoms with E-state index in [1.54, 1.807) is 30.7 Å². The highest BCUT2D eigenvalue weighted by atomic mass is 19.4. The number of nitrogens with zero attached hydrogens (tertiary/aromatic N) is 5. The fraction of sp³-hybridized carbons (Fsp3) is 0.500. The van der Waals surface area contributed by atoms with Gasteiger partial charge in [-0.15, -0.1) is 0 Å². The van der Waals surface area contributed by atoms with Crippen LogP contribution in [0.4, 0.5) is 32.2 Å². The largest absolute Gasteiger partial charge is 0.490 e. The van der Waals surface area contributed by atoms with Gasteiger partial charge in [0.15, 0.2) is 5.82 Å². The molecular weight excluding hydrogens is 488 g/mol. The van der Waals surface area contributed by atoms with Crippen LogP contribution in [0.5, 0.6) is 0 Å². The number of hydrogen-bond acceptors (Lipinski definition) is 6. The smallest absolute Gasteiger partial charge is 0.475 e. The maximum absolute atomic E-state index is 12.7. The summed E-state index contributed by atoms with van der Waals surface area (Å²) < 4.78 is 76.7. The van der Waals surface area contributed by atoms with E-state index in [1.165, 1.54) is 6.07 Å². The Morgan fingerprint density at radius 2 is 1.83 bits per heavy atom. The normalized spacial score (nSPS) is 13.6. The first kappa shape index (κ1) is 27.9. The fourth-order valence-corrected chi connectivity index (χ4v) is 3.16. The Kier molecular flexibility index (Phi) is 8.70. The number of carboxylic acids is 1. The molecule has 0 spiro atoms. The lowest BCUT2D eigenvalue weighted by Gasteiger charge is -2.27. The van der Waals surface area contributed by atoms with Crippen LogP contribution in [-0.2, 0) is 35.7 Å². The number of hydrogen-bond donors (Lipinski definition) is 1. The Hall–Kier alpha value is -3.36. The van der Waals surface area contributed by atoms with Crippen LogP contribution in [0.1, 0.15) is 27.6 Å². The van der Waals surface area contributed by atoms with E-state index in [2.05, 4.69) is 9.97 Å². The molecule has 9 nitrogen and oxygen atoms in total. The number of likely N-dealkylation sites (N-methyl/N-ethyl adjacent to an activating group) is 1. The van der Waals surface area contributed by atoms with Crippen molar-refractivity contribution in [2.75, 3.05) is 38.8 Å². The Bertz CT molecular complexity index is 1040. The van der Waals surface area contributed by atoms with Crippen LogP contribution in [0, 0.1) is 0 Å². The fourth-order valence-electron chi connectivity index (χ4n) is 3.16. The SMILES string of the molecule is COCCN(C)C(=O)c1nc2c(n1C)CCN(c1ccc(C(F)(F)F)cn1)C2.O=C(O)C(F)(F)F. The number of rotatable bonds is 5. The van der Waals surface area contributed by atoms with Crippen molar-refractivity contribution in [3.63, 3.8) is 0 Å². The molecule has 1 N–H and O–H groups in total. The first-order valence-electron chi connectivity index (χ1n) is 10.0. The van der Waals surface area contributed by atoms with Gasteiger partial charge in [-0.25, -0.2) is 14.8 Å². The highest BCUT2D eigenvalue weighted by Gasteiger charge is 2.38. The lowest BCUT2D eigenvalue weighted by molar-refractivity contribution is -0.192. The number of carbonyl (C=O) groups excluding carboxylic acids is 1. The van der Waals surface area contributed by atoms with Crippen molar-refractivity contribution in [2.45, 2.75) is 25.3 Å². The van der Waals surface area contributed by atoms with Gasteiger partial charge in [-0.05, 0) is 12.1 Å². The van der Waals surface area contributed by atoms with E-state index in [-0.39, 0.29) is 5.91 Å². The molecule has 0 radical (unpaired) electrons. The summed E-state index contributed by atoms with van der Waals surface area (Å²) in [5.74, 6) is -2.17. The number of fused-ring (bicyclic) bond motifs is 1. The summed E-state index contributed by atoms with van der Waals surface area (Å²) in [5, 5.41) is 7.12. The van der Waals surface area contributed by atoms with Crippen LogP contribution in [0.3, 0.4) is 0 Å². The van der Waals surface area contributed by atoms with Crippen LogP contribution in [-0.4, -0.2) is 76.4 Å². The molecule has 1 amide bonds. The van der Waals surface area contributed by atoms with Crippen LogP contribution in [0.15, 0.2) is 18.3 Å². The molecule has 0 aromatic carbocycles. The zero-order valence-electron chi connectivity index (χ0n) is 18.9. The summed E-state index contributed by atoms with van der Waals surface area (Å²) in [6.45, 7) is 1.85. The Balaban J connectivity index is 0.000000540. The van der Waals surface area contributed by atoms with Gasteiger partial charge in [0.2, 0.25) is 0 Å². The van der Waals surface area contributed by atoms with E-state index in [1.807, 2.05) is 4.90 Å². The minimum atomic E-state index is -5.08. The van der Waals surface area contributed by atoms with Gasteiger partial charge in [-0.3, -0.25) is 4.79 Å². The molecule has 15 heteroatoms. The standard InChI is InChI=1S/C18H22F3N5O2.C2HF3O2/c1-24(8-9-28-3)17(27)16-23-13-11-26(7-6-14(13)25(16)2)15-5-4-12(10-22-15)18(19,20)21;3-2(4,5)1(6)7/h4-5,10H,6-9,11H2,1-3H3;(H,6,7). The van der Waals surface area contributed by atoms with Crippen LogP contribution in [0.2, 0.25) is 0 Å². The zero-order valence-corrected chi connectivity index (χ0v) is 18.9. The number of methoxy groups -OCH3 is 1. The number of carbonyl (C=O) groups is 2. The average Bonchev–Trinajstić information content (AvgIpc) is 3.12. The van der Waals surface area contributed by atoms with Crippen molar-refractivity contribution in [1.82, 2.24) is 19.4 Å². The van der Waals surface area contributed by atoms with Gasteiger partial charge in [0.25, 0.3) is 5.91 Å². The number of ether oxygens (including phenoxy) is 1. The molecule has 2 aromatic heterocycles. The van der Waals surface area contributed by atoms with Crippen molar-refractivity contribution in [3.05, 3.63) is 41.1 Å². The summed E-state index contributed by atoms with van der Waals surface area (Å²) in [4.78, 5) is 33.4. The number of anilines is 1. The minimum absolute atomic E-state index is 0.201. The second-order valence-corrected chi connectivity index (χ2v) is 7.48. The number of pyridine rings is 1. The summed E-state index contributed by atoms with van der Waals surface area (Å²) in [6.07, 6.45) is -8.04. The third-order valence-electron chi connectivity index (χ3n) is 5.07. The molecule has 3 rings (SSSR count). The molecule has 0 aliphatic carbocycles. The van der Waals surface area contributed by atoms with E-state index in [4.69, 9.17) is 14.6 Å². The monoisotopic (exact) mass is 511 g/mol. The molecule has 0 unspecified atom stereocenters. The van der Waals surface area contributed by atoms with Crippen LogP contribution >= 0.6 is 0 Å². The predicted molar refractivity (Wildman–Crippen MR) is 110 cm³/mol. The van der Waals surface area contributed by atoms with Gasteiger partial charge in [0, 0.05) is 52.6 Å². The van der Waals surface area contributed by atoms with Gasteiger partial charge in [0.05, 0.1) is 24.4 Å². The topological polar surface area (TPSA) is 101 Å². The van der Waals surface area contributed by atoms with Crippen LogP contribution < -0.4 is 4.90 Å². The van der Waals surface area contributed by atoms with Crippen LogP contribution in [0.25, 0.3) is 0 Å². The molecule has 0 bridgehead atoms. The third kappa shape index (κ3) is 7.07. The molecule has 0 saturated carbocycles. The number of aromatic nitrogens is 3. The maximum Gasteiger partial charge on any atom is 0.490 e. The molecule has 2 aromatic rings. The average molecular weight is 511 g/mol. The van der Waals surface area contributed by atoms with Crippen molar-refractivity contribution < 1.29 is 45.8 Å². The molecule has 1 aliphatic heterocycles. The number of imidazole rings is 1. The van der Waals surface area contributed by atoms with Crippen molar-refractivity contribution in [2.24, 2.45) is 7.05 Å². The highest BCUT2D eigenvalue weighted by Crippen LogP contribution is 2.30. The second kappa shape index (κ2) is 10.9. The van der Waals surface area contributed by atoms with Gasteiger partial charge in [0.1, 0.15) is 5.82 Å². The first-order valence-corrected chi connectivity index (χ1v) is 10.0. The number of halogens is 6. The van der Waals surface area contributed by atoms with Crippen molar-refractivity contribution >= 4 is 17.7 Å². The Morgan fingerprint density at radius 3 is 2.31 bits per heavy atom. The lowest BCUT2D eigenvalue weighted by atomic mass is 10.1. The Labute approximate surface area is 195 Å².